The van der Waals surface area contributed by atoms with Gasteiger partial charge in [0.2, 0.25) is 0 Å². The van der Waals surface area contributed by atoms with Crippen molar-refractivity contribution in [1.82, 2.24) is 5.32 Å². The number of alkyl halides is 3. The second-order valence-electron chi connectivity index (χ2n) is 5.42. The SMILES string of the molecule is CCOC(=O)[C@](NC(=O)c1ccccc1)(Nc1ccc(F)cc1)C(F)(F)F. The molecule has 27 heavy (non-hydrogen) atoms. The summed E-state index contributed by atoms with van der Waals surface area (Å²) in [7, 11) is 0. The normalized spacial score (nSPS) is 13.4. The van der Waals surface area contributed by atoms with Gasteiger partial charge in [-0.2, -0.15) is 13.2 Å². The predicted molar refractivity (Wildman–Crippen MR) is 89.3 cm³/mol. The number of hydrogen-bond donors (Lipinski definition) is 2. The molecular formula is C18H16F4N2O3. The Bertz CT molecular complexity index is 795. The number of carbonyl (C=O) groups is 2. The fourth-order valence-corrected chi connectivity index (χ4v) is 2.21. The lowest BCUT2D eigenvalue weighted by molar-refractivity contribution is -0.204. The Hall–Kier alpha value is -3.10. The lowest BCUT2D eigenvalue weighted by Gasteiger charge is -2.35. The number of hydrogen-bond acceptors (Lipinski definition) is 4. The van der Waals surface area contributed by atoms with Crippen LogP contribution in [-0.2, 0) is 9.53 Å². The molecule has 0 aliphatic heterocycles. The van der Waals surface area contributed by atoms with E-state index in [0.717, 1.165) is 24.3 Å². The van der Waals surface area contributed by atoms with Gasteiger partial charge in [-0.05, 0) is 43.3 Å². The number of carbonyl (C=O) groups excluding carboxylic acids is 2. The summed E-state index contributed by atoms with van der Waals surface area (Å²) in [4.78, 5) is 24.6. The number of ether oxygens (including phenoxy) is 1. The molecule has 0 bridgehead atoms. The van der Waals surface area contributed by atoms with E-state index in [4.69, 9.17) is 0 Å². The van der Waals surface area contributed by atoms with E-state index in [2.05, 4.69) is 4.74 Å². The standard InChI is InChI=1S/C18H16F4N2O3/c1-2-27-16(26)17(18(20,21)22,23-14-10-8-13(19)9-11-14)24-15(25)12-6-4-3-5-7-12/h3-11,23H,2H2,1H3,(H,24,25)/t17-/m1/s1. The number of halogens is 4. The van der Waals surface area contributed by atoms with Crippen molar-refractivity contribution in [2.75, 3.05) is 11.9 Å². The van der Waals surface area contributed by atoms with Gasteiger partial charge in [0.1, 0.15) is 5.82 Å². The van der Waals surface area contributed by atoms with E-state index < -0.39 is 29.5 Å². The Morgan fingerprint density at radius 2 is 1.59 bits per heavy atom. The zero-order valence-corrected chi connectivity index (χ0v) is 14.1. The maximum Gasteiger partial charge on any atom is 0.441 e. The summed E-state index contributed by atoms with van der Waals surface area (Å²) in [6, 6.07) is 10.9. The monoisotopic (exact) mass is 384 g/mol. The Morgan fingerprint density at radius 1 is 1.00 bits per heavy atom. The molecule has 0 spiro atoms. The molecule has 2 aromatic rings. The van der Waals surface area contributed by atoms with Crippen molar-refractivity contribution in [3.8, 4) is 0 Å². The van der Waals surface area contributed by atoms with Crippen LogP contribution < -0.4 is 10.6 Å². The van der Waals surface area contributed by atoms with Crippen LogP contribution in [0.2, 0.25) is 0 Å². The highest BCUT2D eigenvalue weighted by molar-refractivity contribution is 5.99. The number of amides is 1. The summed E-state index contributed by atoms with van der Waals surface area (Å²) in [5.41, 5.74) is -3.89. The summed E-state index contributed by atoms with van der Waals surface area (Å²) in [6.45, 7) is 0.985. The molecule has 0 unspecified atom stereocenters. The first-order chi connectivity index (χ1) is 12.7. The van der Waals surface area contributed by atoms with Crippen LogP contribution in [0.5, 0.6) is 0 Å². The third-order valence-corrected chi connectivity index (χ3v) is 3.52. The van der Waals surface area contributed by atoms with Crippen molar-refractivity contribution in [1.29, 1.82) is 0 Å². The summed E-state index contributed by atoms with van der Waals surface area (Å²) in [5.74, 6) is -3.57. The minimum Gasteiger partial charge on any atom is -0.463 e. The minimum atomic E-state index is -5.27. The summed E-state index contributed by atoms with van der Waals surface area (Å²) >= 11 is 0. The molecule has 0 aliphatic carbocycles. The molecule has 0 aromatic heterocycles. The first-order valence-electron chi connectivity index (χ1n) is 7.85. The van der Waals surface area contributed by atoms with E-state index in [9.17, 15) is 27.2 Å². The maximum atomic E-state index is 13.9. The quantitative estimate of drug-likeness (QED) is 0.455. The number of benzene rings is 2. The Balaban J connectivity index is 2.48. The largest absolute Gasteiger partial charge is 0.463 e. The van der Waals surface area contributed by atoms with Gasteiger partial charge >= 0.3 is 17.8 Å². The molecule has 5 nitrogen and oxygen atoms in total. The van der Waals surface area contributed by atoms with Gasteiger partial charge in [0.15, 0.2) is 0 Å². The van der Waals surface area contributed by atoms with Gasteiger partial charge in [0.25, 0.3) is 5.91 Å². The molecule has 0 fully saturated rings. The lowest BCUT2D eigenvalue weighted by atomic mass is 10.1. The van der Waals surface area contributed by atoms with Crippen LogP contribution in [-0.4, -0.2) is 30.3 Å². The van der Waals surface area contributed by atoms with E-state index in [0.29, 0.717) is 0 Å². The molecule has 2 N–H and O–H groups in total. The van der Waals surface area contributed by atoms with Gasteiger partial charge < -0.3 is 15.4 Å². The van der Waals surface area contributed by atoms with E-state index in [1.165, 1.54) is 31.2 Å². The molecule has 1 amide bonds. The molecule has 0 aliphatic rings. The van der Waals surface area contributed by atoms with Gasteiger partial charge in [-0.1, -0.05) is 18.2 Å². The van der Waals surface area contributed by atoms with E-state index in [1.807, 2.05) is 5.32 Å². The highest BCUT2D eigenvalue weighted by atomic mass is 19.4. The van der Waals surface area contributed by atoms with Crippen molar-refractivity contribution >= 4 is 17.6 Å². The number of anilines is 1. The third-order valence-electron chi connectivity index (χ3n) is 3.52. The first-order valence-corrected chi connectivity index (χ1v) is 7.85. The smallest absolute Gasteiger partial charge is 0.441 e. The lowest BCUT2D eigenvalue weighted by Crippen LogP contribution is -2.69. The van der Waals surface area contributed by atoms with Crippen LogP contribution in [0.3, 0.4) is 0 Å². The van der Waals surface area contributed by atoms with Gasteiger partial charge in [-0.3, -0.25) is 4.79 Å². The van der Waals surface area contributed by atoms with Crippen molar-refractivity contribution < 1.29 is 31.9 Å². The van der Waals surface area contributed by atoms with Gasteiger partial charge in [0.05, 0.1) is 6.61 Å². The second kappa shape index (κ2) is 8.07. The van der Waals surface area contributed by atoms with Gasteiger partial charge in [-0.15, -0.1) is 0 Å². The molecule has 2 aromatic carbocycles. The number of nitrogens with one attached hydrogen (secondary N) is 2. The van der Waals surface area contributed by atoms with E-state index >= 15 is 0 Å². The van der Waals surface area contributed by atoms with Crippen molar-refractivity contribution in [2.45, 2.75) is 18.8 Å². The maximum absolute atomic E-state index is 13.9. The zero-order valence-electron chi connectivity index (χ0n) is 14.1. The summed E-state index contributed by atoms with van der Waals surface area (Å²) in [6.07, 6.45) is -5.27. The Labute approximate surface area is 152 Å². The van der Waals surface area contributed by atoms with Crippen molar-refractivity contribution in [3.05, 3.63) is 66.0 Å². The van der Waals surface area contributed by atoms with Crippen LogP contribution >= 0.6 is 0 Å². The average Bonchev–Trinajstić information content (AvgIpc) is 2.62. The Kier molecular flexibility index (Phi) is 6.04. The molecular weight excluding hydrogens is 368 g/mol. The van der Waals surface area contributed by atoms with Crippen LogP contribution in [0.25, 0.3) is 0 Å². The fourth-order valence-electron chi connectivity index (χ4n) is 2.21. The number of rotatable bonds is 6. The summed E-state index contributed by atoms with van der Waals surface area (Å²) < 4.78 is 59.4. The van der Waals surface area contributed by atoms with Crippen molar-refractivity contribution in [2.24, 2.45) is 0 Å². The molecule has 0 saturated heterocycles. The Morgan fingerprint density at radius 3 is 2.11 bits per heavy atom. The molecule has 0 radical (unpaired) electrons. The predicted octanol–water partition coefficient (Wildman–Crippen LogP) is 3.49. The highest BCUT2D eigenvalue weighted by Crippen LogP contribution is 2.33. The average molecular weight is 384 g/mol. The van der Waals surface area contributed by atoms with Gasteiger partial charge in [-0.25, -0.2) is 9.18 Å². The molecule has 9 heteroatoms. The van der Waals surface area contributed by atoms with Crippen LogP contribution in [0.1, 0.15) is 17.3 Å². The van der Waals surface area contributed by atoms with Crippen LogP contribution in [0.15, 0.2) is 54.6 Å². The molecule has 2 rings (SSSR count). The highest BCUT2D eigenvalue weighted by Gasteiger charge is 2.63. The zero-order chi connectivity index (χ0) is 20.1. The molecule has 144 valence electrons. The molecule has 0 saturated carbocycles. The summed E-state index contributed by atoms with van der Waals surface area (Å²) in [5, 5.41) is 3.64. The first kappa shape index (κ1) is 20.2. The van der Waals surface area contributed by atoms with Gasteiger partial charge in [0, 0.05) is 11.3 Å². The van der Waals surface area contributed by atoms with Crippen LogP contribution in [0, 0.1) is 5.82 Å². The van der Waals surface area contributed by atoms with Crippen molar-refractivity contribution in [3.63, 3.8) is 0 Å². The minimum absolute atomic E-state index is 0.0867. The topological polar surface area (TPSA) is 67.4 Å². The molecule has 0 heterocycles. The van der Waals surface area contributed by atoms with E-state index in [-0.39, 0.29) is 17.9 Å². The van der Waals surface area contributed by atoms with E-state index in [1.54, 1.807) is 11.4 Å². The molecule has 1 atom stereocenters. The third kappa shape index (κ3) is 4.55. The number of esters is 1. The second-order valence-corrected chi connectivity index (χ2v) is 5.42. The fraction of sp³-hybridized carbons (Fsp3) is 0.222. The van der Waals surface area contributed by atoms with Crippen LogP contribution in [0.4, 0.5) is 23.2 Å².